The minimum absolute atomic E-state index is 0.131. The molecule has 1 heterocycles. The quantitative estimate of drug-likeness (QED) is 0.724. The minimum atomic E-state index is -3.82. The maximum Gasteiger partial charge on any atom is 0.273 e. The summed E-state index contributed by atoms with van der Waals surface area (Å²) in [5.41, 5.74) is 0.854. The van der Waals surface area contributed by atoms with Crippen molar-refractivity contribution in [2.45, 2.75) is 11.1 Å². The second kappa shape index (κ2) is 6.59. The summed E-state index contributed by atoms with van der Waals surface area (Å²) < 4.78 is 26.4. The predicted molar refractivity (Wildman–Crippen MR) is 97.4 cm³/mol. The lowest BCUT2D eigenvalue weighted by Crippen LogP contribution is -2.28. The van der Waals surface area contributed by atoms with Crippen LogP contribution in [0.25, 0.3) is 16.8 Å². The van der Waals surface area contributed by atoms with E-state index in [-0.39, 0.29) is 4.21 Å². The maximum absolute atomic E-state index is 12.1. The molecule has 24 heavy (non-hydrogen) atoms. The molecule has 0 fully saturated rings. The van der Waals surface area contributed by atoms with E-state index in [2.05, 4.69) is 4.72 Å². The molecule has 122 valence electrons. The molecule has 0 spiro atoms. The Morgan fingerprint density at radius 2 is 1.79 bits per heavy atom. The summed E-state index contributed by atoms with van der Waals surface area (Å²) in [5, 5.41) is 2.06. The molecule has 3 rings (SSSR count). The van der Waals surface area contributed by atoms with Crippen LogP contribution < -0.4 is 4.72 Å². The molecule has 0 aliphatic carbocycles. The van der Waals surface area contributed by atoms with Crippen LogP contribution in [0.3, 0.4) is 0 Å². The molecular weight excluding hydrogens is 342 g/mol. The predicted octanol–water partition coefficient (Wildman–Crippen LogP) is 3.73. The van der Waals surface area contributed by atoms with Gasteiger partial charge in [0.05, 0.1) is 0 Å². The fourth-order valence-electron chi connectivity index (χ4n) is 2.33. The van der Waals surface area contributed by atoms with E-state index in [0.717, 1.165) is 32.5 Å². The van der Waals surface area contributed by atoms with Crippen LogP contribution >= 0.6 is 11.3 Å². The van der Waals surface area contributed by atoms with Gasteiger partial charge < -0.3 is 0 Å². The molecule has 1 N–H and O–H groups in total. The van der Waals surface area contributed by atoms with Gasteiger partial charge in [-0.2, -0.15) is 0 Å². The van der Waals surface area contributed by atoms with Crippen LogP contribution in [0.2, 0.25) is 0 Å². The number of hydrogen-bond acceptors (Lipinski definition) is 4. The molecule has 2 aromatic carbocycles. The lowest BCUT2D eigenvalue weighted by Gasteiger charge is -2.03. The van der Waals surface area contributed by atoms with Gasteiger partial charge in [-0.25, -0.2) is 13.1 Å². The number of rotatable bonds is 4. The molecule has 0 radical (unpaired) electrons. The van der Waals surface area contributed by atoms with Gasteiger partial charge in [0, 0.05) is 11.0 Å². The number of carbonyl (C=O) groups excluding carboxylic acids is 1. The van der Waals surface area contributed by atoms with Gasteiger partial charge >= 0.3 is 0 Å². The minimum Gasteiger partial charge on any atom is -0.269 e. The first-order valence-corrected chi connectivity index (χ1v) is 9.55. The standard InChI is InChI=1S/C18H15NO3S2/c1-13-9-12-18(23-13)24(21,22)19-17(20)11-10-15-7-4-6-14-5-2-3-8-16(14)15/h2-12H,1H3,(H,19,20). The van der Waals surface area contributed by atoms with Gasteiger partial charge in [-0.3, -0.25) is 4.79 Å². The van der Waals surface area contributed by atoms with E-state index in [1.807, 2.05) is 49.4 Å². The highest BCUT2D eigenvalue weighted by atomic mass is 32.2. The summed E-state index contributed by atoms with van der Waals surface area (Å²) in [6.07, 6.45) is 2.85. The van der Waals surface area contributed by atoms with E-state index in [9.17, 15) is 13.2 Å². The number of sulfonamides is 1. The summed E-state index contributed by atoms with van der Waals surface area (Å²) in [6, 6.07) is 16.8. The molecule has 0 saturated heterocycles. The van der Waals surface area contributed by atoms with Crippen LogP contribution in [0.4, 0.5) is 0 Å². The average Bonchev–Trinajstić information content (AvgIpc) is 3.00. The molecule has 0 atom stereocenters. The first-order chi connectivity index (χ1) is 11.5. The fourth-order valence-corrected chi connectivity index (χ4v) is 4.56. The zero-order chi connectivity index (χ0) is 17.2. The second-order valence-electron chi connectivity index (χ2n) is 5.24. The highest BCUT2D eigenvalue weighted by Gasteiger charge is 2.17. The van der Waals surface area contributed by atoms with Gasteiger partial charge in [0.2, 0.25) is 0 Å². The highest BCUT2D eigenvalue weighted by molar-refractivity contribution is 7.92. The molecule has 1 aromatic heterocycles. The molecule has 0 saturated carbocycles. The zero-order valence-electron chi connectivity index (χ0n) is 12.9. The molecule has 6 heteroatoms. The van der Waals surface area contributed by atoms with E-state index in [1.165, 1.54) is 12.1 Å². The molecule has 0 aliphatic heterocycles. The highest BCUT2D eigenvalue weighted by Crippen LogP contribution is 2.21. The number of amides is 1. The number of hydrogen-bond donors (Lipinski definition) is 1. The smallest absolute Gasteiger partial charge is 0.269 e. The van der Waals surface area contributed by atoms with Gasteiger partial charge in [-0.1, -0.05) is 42.5 Å². The molecule has 1 amide bonds. The van der Waals surface area contributed by atoms with Gasteiger partial charge in [0.15, 0.2) is 0 Å². The van der Waals surface area contributed by atoms with Crippen LogP contribution in [0.5, 0.6) is 0 Å². The number of nitrogens with one attached hydrogen (secondary N) is 1. The lowest BCUT2D eigenvalue weighted by atomic mass is 10.0. The van der Waals surface area contributed by atoms with E-state index >= 15 is 0 Å². The maximum atomic E-state index is 12.1. The molecule has 0 bridgehead atoms. The summed E-state index contributed by atoms with van der Waals surface area (Å²) in [4.78, 5) is 12.8. The topological polar surface area (TPSA) is 63.2 Å². The van der Waals surface area contributed by atoms with Crippen LogP contribution in [0.15, 0.2) is 64.9 Å². The van der Waals surface area contributed by atoms with E-state index in [1.54, 1.807) is 12.1 Å². The number of aryl methyl sites for hydroxylation is 1. The van der Waals surface area contributed by atoms with Gasteiger partial charge in [-0.15, -0.1) is 11.3 Å². The second-order valence-corrected chi connectivity index (χ2v) is 8.43. The number of fused-ring (bicyclic) bond motifs is 1. The van der Waals surface area contributed by atoms with E-state index in [0.29, 0.717) is 0 Å². The third-order valence-electron chi connectivity index (χ3n) is 3.45. The largest absolute Gasteiger partial charge is 0.273 e. The Balaban J connectivity index is 1.80. The van der Waals surface area contributed by atoms with E-state index < -0.39 is 15.9 Å². The molecule has 0 unspecified atom stereocenters. The molecule has 3 aromatic rings. The van der Waals surface area contributed by atoms with Gasteiger partial charge in [0.25, 0.3) is 15.9 Å². The van der Waals surface area contributed by atoms with Crippen molar-refractivity contribution >= 4 is 44.1 Å². The first kappa shape index (κ1) is 16.4. The van der Waals surface area contributed by atoms with Crippen molar-refractivity contribution in [2.75, 3.05) is 0 Å². The summed E-state index contributed by atoms with van der Waals surface area (Å²) in [6.45, 7) is 1.81. The van der Waals surface area contributed by atoms with Crippen molar-refractivity contribution in [1.29, 1.82) is 0 Å². The monoisotopic (exact) mass is 357 g/mol. The average molecular weight is 357 g/mol. The summed E-state index contributed by atoms with van der Waals surface area (Å²) in [7, 11) is -3.82. The van der Waals surface area contributed by atoms with Crippen LogP contribution in [-0.4, -0.2) is 14.3 Å². The van der Waals surface area contributed by atoms with Crippen molar-refractivity contribution in [3.63, 3.8) is 0 Å². The van der Waals surface area contributed by atoms with Crippen LogP contribution in [0, 0.1) is 6.92 Å². The third kappa shape index (κ3) is 3.55. The molecule has 0 aliphatic rings. The lowest BCUT2D eigenvalue weighted by molar-refractivity contribution is -0.114. The van der Waals surface area contributed by atoms with Gasteiger partial charge in [0.1, 0.15) is 4.21 Å². The van der Waals surface area contributed by atoms with Crippen LogP contribution in [-0.2, 0) is 14.8 Å². The van der Waals surface area contributed by atoms with Gasteiger partial charge in [-0.05, 0) is 41.5 Å². The number of benzene rings is 2. The Kier molecular flexibility index (Phi) is 4.51. The van der Waals surface area contributed by atoms with Crippen molar-refractivity contribution in [1.82, 2.24) is 4.72 Å². The first-order valence-electron chi connectivity index (χ1n) is 7.25. The Bertz CT molecular complexity index is 1030. The van der Waals surface area contributed by atoms with Crippen molar-refractivity contribution < 1.29 is 13.2 Å². The number of carbonyl (C=O) groups is 1. The third-order valence-corrected chi connectivity index (χ3v) is 6.29. The number of thiophene rings is 1. The van der Waals surface area contributed by atoms with Crippen LogP contribution in [0.1, 0.15) is 10.4 Å². The normalized spacial score (nSPS) is 11.9. The summed E-state index contributed by atoms with van der Waals surface area (Å²) >= 11 is 1.13. The summed E-state index contributed by atoms with van der Waals surface area (Å²) in [5.74, 6) is -0.672. The Labute approximate surface area is 144 Å². The zero-order valence-corrected chi connectivity index (χ0v) is 14.5. The Morgan fingerprint density at radius 1 is 1.04 bits per heavy atom. The molecular formula is C18H15NO3S2. The van der Waals surface area contributed by atoms with Crippen molar-refractivity contribution in [3.8, 4) is 0 Å². The van der Waals surface area contributed by atoms with Crippen molar-refractivity contribution in [3.05, 3.63) is 71.1 Å². The molecule has 4 nitrogen and oxygen atoms in total. The van der Waals surface area contributed by atoms with E-state index in [4.69, 9.17) is 0 Å². The fraction of sp³-hybridized carbons (Fsp3) is 0.0556. The van der Waals surface area contributed by atoms with Crippen molar-refractivity contribution in [2.24, 2.45) is 0 Å². The Morgan fingerprint density at radius 3 is 2.54 bits per heavy atom. The SMILES string of the molecule is Cc1ccc(S(=O)(=O)NC(=O)C=Cc2cccc3ccccc23)s1. The Hall–Kier alpha value is -2.44.